The Morgan fingerprint density at radius 3 is 2.25 bits per heavy atom. The van der Waals surface area contributed by atoms with Crippen LogP contribution >= 0.6 is 0 Å². The molecule has 4 nitrogen and oxygen atoms in total. The molecule has 0 aromatic heterocycles. The lowest BCUT2D eigenvalue weighted by atomic mass is 10.1. The third-order valence-electron chi connectivity index (χ3n) is 1.73. The summed E-state index contributed by atoms with van der Waals surface area (Å²) in [5.41, 5.74) is 5.15. The Hall–Kier alpha value is -0.770. The van der Waals surface area contributed by atoms with Crippen LogP contribution in [0.5, 0.6) is 0 Å². The van der Waals surface area contributed by atoms with Crippen molar-refractivity contribution in [3.8, 4) is 0 Å². The van der Waals surface area contributed by atoms with Crippen molar-refractivity contribution in [3.63, 3.8) is 0 Å². The zero-order valence-electron chi connectivity index (χ0n) is 7.95. The lowest BCUT2D eigenvalue weighted by Crippen LogP contribution is -2.43. The molecule has 0 aromatic carbocycles. The predicted molar refractivity (Wildman–Crippen MR) is 47.7 cm³/mol. The van der Waals surface area contributed by atoms with Crippen LogP contribution in [0, 0.1) is 5.92 Å². The third kappa shape index (κ3) is 3.57. The van der Waals surface area contributed by atoms with Crippen molar-refractivity contribution in [2.75, 3.05) is 13.2 Å². The first kappa shape index (κ1) is 11.2. The van der Waals surface area contributed by atoms with E-state index in [0.29, 0.717) is 6.54 Å². The second-order valence-corrected chi connectivity index (χ2v) is 3.37. The first-order valence-electron chi connectivity index (χ1n) is 4.16. The molecular formula is C8H18N2O2. The molecule has 0 spiro atoms. The first-order chi connectivity index (χ1) is 5.49. The van der Waals surface area contributed by atoms with Gasteiger partial charge in [0.15, 0.2) is 0 Å². The summed E-state index contributed by atoms with van der Waals surface area (Å²) in [4.78, 5) is 12.4. The van der Waals surface area contributed by atoms with Crippen LogP contribution in [0.1, 0.15) is 20.8 Å². The first-order valence-corrected chi connectivity index (χ1v) is 4.16. The van der Waals surface area contributed by atoms with E-state index < -0.39 is 6.03 Å². The van der Waals surface area contributed by atoms with Gasteiger partial charge in [-0.1, -0.05) is 6.92 Å². The highest BCUT2D eigenvalue weighted by Gasteiger charge is 2.15. The maximum absolute atomic E-state index is 10.9. The number of primary amides is 1. The molecule has 0 bridgehead atoms. The second-order valence-electron chi connectivity index (χ2n) is 3.37. The van der Waals surface area contributed by atoms with Crippen LogP contribution in [-0.4, -0.2) is 35.2 Å². The molecule has 0 aliphatic carbocycles. The number of carbonyl (C=O) groups excluding carboxylic acids is 1. The van der Waals surface area contributed by atoms with Gasteiger partial charge in [-0.2, -0.15) is 0 Å². The van der Waals surface area contributed by atoms with Crippen LogP contribution in [-0.2, 0) is 0 Å². The van der Waals surface area contributed by atoms with Crippen LogP contribution < -0.4 is 5.73 Å². The molecule has 0 rings (SSSR count). The molecule has 1 atom stereocenters. The second kappa shape index (κ2) is 4.98. The number of urea groups is 1. The number of hydrogen-bond acceptors (Lipinski definition) is 2. The summed E-state index contributed by atoms with van der Waals surface area (Å²) in [5, 5.41) is 8.77. The van der Waals surface area contributed by atoms with Gasteiger partial charge in [0.2, 0.25) is 0 Å². The van der Waals surface area contributed by atoms with Crippen molar-refractivity contribution >= 4 is 6.03 Å². The van der Waals surface area contributed by atoms with E-state index in [4.69, 9.17) is 10.8 Å². The fourth-order valence-corrected chi connectivity index (χ4v) is 0.949. The fourth-order valence-electron chi connectivity index (χ4n) is 0.949. The monoisotopic (exact) mass is 174 g/mol. The van der Waals surface area contributed by atoms with E-state index in [1.54, 1.807) is 4.90 Å². The molecule has 0 radical (unpaired) electrons. The summed E-state index contributed by atoms with van der Waals surface area (Å²) in [6.07, 6.45) is 0. The smallest absolute Gasteiger partial charge is 0.315 e. The topological polar surface area (TPSA) is 66.6 Å². The lowest BCUT2D eigenvalue weighted by molar-refractivity contribution is 0.158. The predicted octanol–water partition coefficient (Wildman–Crippen LogP) is 0.404. The molecule has 0 heterocycles. The lowest BCUT2D eigenvalue weighted by Gasteiger charge is -2.26. The minimum Gasteiger partial charge on any atom is -0.396 e. The third-order valence-corrected chi connectivity index (χ3v) is 1.73. The minimum absolute atomic E-state index is 0.0799. The van der Waals surface area contributed by atoms with Crippen LogP contribution in [0.15, 0.2) is 0 Å². The Morgan fingerprint density at radius 2 is 2.00 bits per heavy atom. The molecule has 0 aliphatic heterocycles. The summed E-state index contributed by atoms with van der Waals surface area (Å²) in [7, 11) is 0. The average molecular weight is 174 g/mol. The van der Waals surface area contributed by atoms with E-state index >= 15 is 0 Å². The molecule has 0 saturated carbocycles. The number of nitrogens with two attached hydrogens (primary N) is 1. The highest BCUT2D eigenvalue weighted by molar-refractivity contribution is 5.72. The number of hydrogen-bond donors (Lipinski definition) is 2. The van der Waals surface area contributed by atoms with E-state index in [1.165, 1.54) is 0 Å². The molecule has 1 unspecified atom stereocenters. The summed E-state index contributed by atoms with van der Waals surface area (Å²) >= 11 is 0. The van der Waals surface area contributed by atoms with E-state index in [9.17, 15) is 4.79 Å². The molecular weight excluding hydrogens is 156 g/mol. The van der Waals surface area contributed by atoms with Crippen molar-refractivity contribution < 1.29 is 9.90 Å². The van der Waals surface area contributed by atoms with Gasteiger partial charge in [-0.3, -0.25) is 0 Å². The molecule has 0 saturated heterocycles. The van der Waals surface area contributed by atoms with Gasteiger partial charge in [0, 0.05) is 19.2 Å². The fraction of sp³-hybridized carbons (Fsp3) is 0.875. The van der Waals surface area contributed by atoms with E-state index in [2.05, 4.69) is 0 Å². The molecule has 12 heavy (non-hydrogen) atoms. The standard InChI is InChI=1S/C8H18N2O2/c1-6(2)10(8(9)12)4-7(3)5-11/h6-7,11H,4-5H2,1-3H3,(H2,9,12). The molecule has 2 amide bonds. The molecule has 4 heteroatoms. The van der Waals surface area contributed by atoms with Crippen molar-refractivity contribution in [2.45, 2.75) is 26.8 Å². The number of nitrogens with zero attached hydrogens (tertiary/aromatic N) is 1. The maximum atomic E-state index is 10.9. The van der Waals surface area contributed by atoms with E-state index in [0.717, 1.165) is 0 Å². The van der Waals surface area contributed by atoms with Gasteiger partial charge in [0.05, 0.1) is 0 Å². The van der Waals surface area contributed by atoms with Crippen molar-refractivity contribution in [1.82, 2.24) is 4.90 Å². The van der Waals surface area contributed by atoms with E-state index in [1.807, 2.05) is 20.8 Å². The molecule has 3 N–H and O–H groups in total. The largest absolute Gasteiger partial charge is 0.396 e. The summed E-state index contributed by atoms with van der Waals surface area (Å²) in [6, 6.07) is -0.332. The maximum Gasteiger partial charge on any atom is 0.315 e. The molecule has 0 fully saturated rings. The van der Waals surface area contributed by atoms with Crippen molar-refractivity contribution in [3.05, 3.63) is 0 Å². The van der Waals surface area contributed by atoms with Gasteiger partial charge in [-0.05, 0) is 19.8 Å². The minimum atomic E-state index is -0.426. The van der Waals surface area contributed by atoms with Gasteiger partial charge >= 0.3 is 6.03 Å². The van der Waals surface area contributed by atoms with Crippen LogP contribution in [0.3, 0.4) is 0 Å². The number of aliphatic hydroxyl groups is 1. The Bertz CT molecular complexity index is 148. The van der Waals surface area contributed by atoms with E-state index in [-0.39, 0.29) is 18.6 Å². The van der Waals surface area contributed by atoms with Gasteiger partial charge in [-0.15, -0.1) is 0 Å². The van der Waals surface area contributed by atoms with Crippen molar-refractivity contribution in [2.24, 2.45) is 11.7 Å². The zero-order valence-corrected chi connectivity index (χ0v) is 7.95. The quantitative estimate of drug-likeness (QED) is 0.648. The molecule has 0 aromatic rings. The average Bonchev–Trinajstić information content (AvgIpc) is 1.98. The Balaban J connectivity index is 4.05. The van der Waals surface area contributed by atoms with Gasteiger partial charge in [0.1, 0.15) is 0 Å². The SMILES string of the molecule is CC(CO)CN(C(N)=O)C(C)C. The molecule has 0 aliphatic rings. The molecule has 72 valence electrons. The van der Waals surface area contributed by atoms with Gasteiger partial charge < -0.3 is 15.7 Å². The summed E-state index contributed by atoms with van der Waals surface area (Å²) < 4.78 is 0. The van der Waals surface area contributed by atoms with Crippen molar-refractivity contribution in [1.29, 1.82) is 0 Å². The highest BCUT2D eigenvalue weighted by Crippen LogP contribution is 2.03. The Morgan fingerprint density at radius 1 is 1.50 bits per heavy atom. The number of rotatable bonds is 4. The van der Waals surface area contributed by atoms with Crippen LogP contribution in [0.25, 0.3) is 0 Å². The number of carbonyl (C=O) groups is 1. The summed E-state index contributed by atoms with van der Waals surface area (Å²) in [5.74, 6) is 0.0832. The number of aliphatic hydroxyl groups excluding tert-OH is 1. The van der Waals surface area contributed by atoms with Crippen LogP contribution in [0.4, 0.5) is 4.79 Å². The van der Waals surface area contributed by atoms with Gasteiger partial charge in [-0.25, -0.2) is 4.79 Å². The number of amides is 2. The summed E-state index contributed by atoms with van der Waals surface area (Å²) in [6.45, 7) is 6.27. The van der Waals surface area contributed by atoms with Gasteiger partial charge in [0.25, 0.3) is 0 Å². The normalized spacial score (nSPS) is 13.1. The Kier molecular flexibility index (Phi) is 4.66. The highest BCUT2D eigenvalue weighted by atomic mass is 16.3. The Labute approximate surface area is 73.3 Å². The zero-order chi connectivity index (χ0) is 9.72. The van der Waals surface area contributed by atoms with Crippen LogP contribution in [0.2, 0.25) is 0 Å².